The average molecular weight is 293 g/mol. The Bertz CT molecular complexity index is 413. The zero-order chi connectivity index (χ0) is 14.4. The summed E-state index contributed by atoms with van der Waals surface area (Å²) >= 11 is 1.77. The Morgan fingerprint density at radius 3 is 3.10 bits per heavy atom. The van der Waals surface area contributed by atoms with Crippen molar-refractivity contribution in [2.45, 2.75) is 39.5 Å². The van der Waals surface area contributed by atoms with Gasteiger partial charge in [0.1, 0.15) is 0 Å². The van der Waals surface area contributed by atoms with Gasteiger partial charge in [-0.15, -0.1) is 0 Å². The van der Waals surface area contributed by atoms with Crippen molar-refractivity contribution in [1.82, 2.24) is 10.2 Å². The second-order valence-corrected chi connectivity index (χ2v) is 6.63. The Labute approximate surface area is 127 Å². The fourth-order valence-electron chi connectivity index (χ4n) is 2.69. The topological polar surface area (TPSA) is 27.6 Å². The first-order chi connectivity index (χ1) is 9.70. The van der Waals surface area contributed by atoms with Crippen molar-refractivity contribution in [2.24, 2.45) is 10.9 Å². The van der Waals surface area contributed by atoms with E-state index in [4.69, 9.17) is 4.99 Å². The van der Waals surface area contributed by atoms with Crippen LogP contribution in [-0.2, 0) is 0 Å². The molecule has 0 bridgehead atoms. The highest BCUT2D eigenvalue weighted by Gasteiger charge is 2.19. The molecule has 1 N–H and O–H groups in total. The molecule has 1 aliphatic heterocycles. The van der Waals surface area contributed by atoms with Crippen LogP contribution in [0.3, 0.4) is 0 Å². The van der Waals surface area contributed by atoms with Crippen molar-refractivity contribution < 1.29 is 0 Å². The molecule has 0 saturated carbocycles. The fourth-order valence-corrected chi connectivity index (χ4v) is 3.47. The van der Waals surface area contributed by atoms with Crippen LogP contribution in [0.4, 0.5) is 0 Å². The molecule has 3 nitrogen and oxygen atoms in total. The number of nitrogens with one attached hydrogen (secondary N) is 1. The van der Waals surface area contributed by atoms with Crippen LogP contribution < -0.4 is 5.32 Å². The first-order valence-corrected chi connectivity index (χ1v) is 8.70. The number of piperidine rings is 1. The number of nitrogens with zero attached hydrogens (tertiary/aromatic N) is 2. The molecule has 1 aromatic rings. The van der Waals surface area contributed by atoms with Crippen LogP contribution in [0.25, 0.3) is 0 Å². The summed E-state index contributed by atoms with van der Waals surface area (Å²) in [4.78, 5) is 7.29. The summed E-state index contributed by atoms with van der Waals surface area (Å²) in [5.41, 5.74) is 1.40. The Kier molecular flexibility index (Phi) is 5.89. The van der Waals surface area contributed by atoms with Crippen LogP contribution in [0.5, 0.6) is 0 Å². The van der Waals surface area contributed by atoms with Gasteiger partial charge in [0.05, 0.1) is 0 Å². The van der Waals surface area contributed by atoms with Gasteiger partial charge in [-0.3, -0.25) is 4.99 Å². The van der Waals surface area contributed by atoms with Crippen LogP contribution in [0.1, 0.15) is 45.1 Å². The molecule has 112 valence electrons. The lowest BCUT2D eigenvalue weighted by atomic mass is 10.0. The van der Waals surface area contributed by atoms with Crippen molar-refractivity contribution >= 4 is 17.3 Å². The summed E-state index contributed by atoms with van der Waals surface area (Å²) in [6.07, 6.45) is 2.63. The minimum absolute atomic E-state index is 0.497. The molecule has 0 aromatic carbocycles. The Morgan fingerprint density at radius 2 is 2.45 bits per heavy atom. The molecule has 20 heavy (non-hydrogen) atoms. The number of aliphatic imine (C=N–C) groups is 1. The molecule has 1 aromatic heterocycles. The zero-order valence-electron chi connectivity index (χ0n) is 12.9. The molecule has 2 rings (SSSR count). The van der Waals surface area contributed by atoms with Gasteiger partial charge in [0.2, 0.25) is 0 Å². The van der Waals surface area contributed by atoms with Crippen LogP contribution in [0.15, 0.2) is 21.8 Å². The van der Waals surface area contributed by atoms with Gasteiger partial charge in [-0.05, 0) is 48.1 Å². The van der Waals surface area contributed by atoms with E-state index in [9.17, 15) is 0 Å². The lowest BCUT2D eigenvalue weighted by Gasteiger charge is -2.33. The first-order valence-electron chi connectivity index (χ1n) is 7.76. The molecular formula is C16H27N3S. The summed E-state index contributed by atoms with van der Waals surface area (Å²) in [5.74, 6) is 2.38. The number of thiophene rings is 1. The Balaban J connectivity index is 1.98. The summed E-state index contributed by atoms with van der Waals surface area (Å²) in [6.45, 7) is 10.8. The predicted octanol–water partition coefficient (Wildman–Crippen LogP) is 3.55. The third kappa shape index (κ3) is 4.23. The lowest BCUT2D eigenvalue weighted by Crippen LogP contribution is -2.46. The van der Waals surface area contributed by atoms with E-state index in [1.165, 1.54) is 18.4 Å². The van der Waals surface area contributed by atoms with E-state index < -0.39 is 0 Å². The first kappa shape index (κ1) is 15.4. The minimum Gasteiger partial charge on any atom is -0.357 e. The largest absolute Gasteiger partial charge is 0.357 e. The van der Waals surface area contributed by atoms with Crippen molar-refractivity contribution in [3.8, 4) is 0 Å². The lowest BCUT2D eigenvalue weighted by molar-refractivity contribution is 0.266. The van der Waals surface area contributed by atoms with Gasteiger partial charge in [-0.25, -0.2) is 0 Å². The fraction of sp³-hybridized carbons (Fsp3) is 0.688. The Hall–Kier alpha value is -1.03. The molecule has 2 atom stereocenters. The molecule has 2 heterocycles. The molecule has 0 radical (unpaired) electrons. The van der Waals surface area contributed by atoms with Crippen LogP contribution in [-0.4, -0.2) is 37.0 Å². The highest BCUT2D eigenvalue weighted by molar-refractivity contribution is 7.07. The van der Waals surface area contributed by atoms with E-state index in [0.29, 0.717) is 5.92 Å². The number of rotatable bonds is 4. The molecule has 0 spiro atoms. The minimum atomic E-state index is 0.497. The average Bonchev–Trinajstić information content (AvgIpc) is 2.97. The van der Waals surface area contributed by atoms with E-state index in [2.05, 4.69) is 47.8 Å². The Morgan fingerprint density at radius 1 is 1.60 bits per heavy atom. The van der Waals surface area contributed by atoms with Gasteiger partial charge in [-0.2, -0.15) is 11.3 Å². The van der Waals surface area contributed by atoms with Crippen molar-refractivity contribution in [3.05, 3.63) is 22.4 Å². The summed E-state index contributed by atoms with van der Waals surface area (Å²) in [6, 6.07) is 2.21. The molecule has 1 saturated heterocycles. The van der Waals surface area contributed by atoms with Gasteiger partial charge in [-0.1, -0.05) is 13.8 Å². The quantitative estimate of drug-likeness (QED) is 0.679. The van der Waals surface area contributed by atoms with Crippen molar-refractivity contribution in [3.63, 3.8) is 0 Å². The maximum Gasteiger partial charge on any atom is 0.193 e. The van der Waals surface area contributed by atoms with Crippen LogP contribution >= 0.6 is 11.3 Å². The third-order valence-corrected chi connectivity index (χ3v) is 4.62. The van der Waals surface area contributed by atoms with E-state index >= 15 is 0 Å². The van der Waals surface area contributed by atoms with Crippen LogP contribution in [0.2, 0.25) is 0 Å². The second-order valence-electron chi connectivity index (χ2n) is 5.85. The SMILES string of the molecule is CCNC(=NCC(C)c1ccsc1)N1CCCC(C)C1. The molecular weight excluding hydrogens is 266 g/mol. The maximum atomic E-state index is 4.86. The number of guanidine groups is 1. The van der Waals surface area contributed by atoms with Gasteiger partial charge in [0, 0.05) is 32.1 Å². The smallest absolute Gasteiger partial charge is 0.193 e. The zero-order valence-corrected chi connectivity index (χ0v) is 13.7. The number of likely N-dealkylation sites (tertiary alicyclic amines) is 1. The summed E-state index contributed by atoms with van der Waals surface area (Å²) < 4.78 is 0. The molecule has 4 heteroatoms. The summed E-state index contributed by atoms with van der Waals surface area (Å²) in [7, 11) is 0. The van der Waals surface area contributed by atoms with E-state index in [-0.39, 0.29) is 0 Å². The number of hydrogen-bond acceptors (Lipinski definition) is 2. The van der Waals surface area contributed by atoms with Gasteiger partial charge in [0.25, 0.3) is 0 Å². The van der Waals surface area contributed by atoms with Crippen molar-refractivity contribution in [1.29, 1.82) is 0 Å². The van der Waals surface area contributed by atoms with E-state index in [1.807, 2.05) is 0 Å². The van der Waals surface area contributed by atoms with Gasteiger partial charge in [0.15, 0.2) is 5.96 Å². The van der Waals surface area contributed by atoms with Crippen LogP contribution in [0, 0.1) is 5.92 Å². The highest BCUT2D eigenvalue weighted by Crippen LogP contribution is 2.19. The van der Waals surface area contributed by atoms with Gasteiger partial charge >= 0.3 is 0 Å². The van der Waals surface area contributed by atoms with E-state index in [0.717, 1.165) is 38.1 Å². The second kappa shape index (κ2) is 7.67. The number of hydrogen-bond donors (Lipinski definition) is 1. The van der Waals surface area contributed by atoms with Gasteiger partial charge < -0.3 is 10.2 Å². The monoisotopic (exact) mass is 293 g/mol. The standard InChI is InChI=1S/C16H27N3S/c1-4-17-16(19-8-5-6-13(2)11-19)18-10-14(3)15-7-9-20-12-15/h7,9,12-14H,4-6,8,10-11H2,1-3H3,(H,17,18). The predicted molar refractivity (Wildman–Crippen MR) is 88.7 cm³/mol. The molecule has 2 unspecified atom stereocenters. The molecule has 0 aliphatic carbocycles. The molecule has 1 fully saturated rings. The molecule has 1 aliphatic rings. The highest BCUT2D eigenvalue weighted by atomic mass is 32.1. The molecule has 0 amide bonds. The summed E-state index contributed by atoms with van der Waals surface area (Å²) in [5, 5.41) is 7.83. The maximum absolute atomic E-state index is 4.86. The van der Waals surface area contributed by atoms with E-state index in [1.54, 1.807) is 11.3 Å². The van der Waals surface area contributed by atoms with Crippen molar-refractivity contribution in [2.75, 3.05) is 26.2 Å². The third-order valence-electron chi connectivity index (χ3n) is 3.92. The normalized spacial score (nSPS) is 21.9.